The number of nitrogens with zero attached hydrogens (tertiary/aromatic N) is 3. The highest BCUT2D eigenvalue weighted by Crippen LogP contribution is 2.20. The van der Waals surface area contributed by atoms with Gasteiger partial charge in [-0.3, -0.25) is 4.90 Å². The van der Waals surface area contributed by atoms with Crippen LogP contribution in [0, 0.1) is 0 Å². The van der Waals surface area contributed by atoms with Crippen LogP contribution >= 0.6 is 11.6 Å². The highest BCUT2D eigenvalue weighted by atomic mass is 35.5. The van der Waals surface area contributed by atoms with E-state index in [4.69, 9.17) is 16.1 Å². The Hall–Kier alpha value is -1.43. The van der Waals surface area contributed by atoms with Crippen molar-refractivity contribution in [3.63, 3.8) is 0 Å². The van der Waals surface area contributed by atoms with Crippen molar-refractivity contribution in [3.8, 4) is 0 Å². The van der Waals surface area contributed by atoms with Gasteiger partial charge in [0.1, 0.15) is 0 Å². The van der Waals surface area contributed by atoms with Crippen LogP contribution in [0.2, 0.25) is 5.02 Å². The number of likely N-dealkylation sites (N-methyl/N-ethyl adjacent to an activating group) is 1. The molecule has 1 N–H and O–H groups in total. The van der Waals surface area contributed by atoms with Crippen LogP contribution in [0.3, 0.4) is 0 Å². The fourth-order valence-electron chi connectivity index (χ4n) is 2.23. The molecule has 0 aliphatic carbocycles. The Labute approximate surface area is 135 Å². The summed E-state index contributed by atoms with van der Waals surface area (Å²) in [4.78, 5) is 6.43. The number of hydrogen-bond donors (Lipinski definition) is 1. The van der Waals surface area contributed by atoms with Crippen molar-refractivity contribution in [3.05, 3.63) is 46.6 Å². The second kappa shape index (κ2) is 6.77. The normalized spacial score (nSPS) is 13.6. The molecule has 1 aromatic heterocycles. The molecule has 120 valence electrons. The smallest absolute Gasteiger partial charge is 0.243 e. The van der Waals surface area contributed by atoms with Gasteiger partial charge in [0, 0.05) is 18.0 Å². The van der Waals surface area contributed by atoms with E-state index in [2.05, 4.69) is 10.1 Å². The van der Waals surface area contributed by atoms with Crippen LogP contribution in [0.15, 0.2) is 28.8 Å². The molecule has 0 aliphatic heterocycles. The first kappa shape index (κ1) is 16.9. The number of halogens is 1. The molecule has 2 rings (SSSR count). The maximum Gasteiger partial charge on any atom is 0.243 e. The van der Waals surface area contributed by atoms with Crippen LogP contribution in [0.5, 0.6) is 0 Å². The van der Waals surface area contributed by atoms with Gasteiger partial charge in [0.2, 0.25) is 5.89 Å². The van der Waals surface area contributed by atoms with Crippen molar-refractivity contribution >= 4 is 11.6 Å². The summed E-state index contributed by atoms with van der Waals surface area (Å²) < 4.78 is 5.35. The van der Waals surface area contributed by atoms with Crippen molar-refractivity contribution in [2.45, 2.75) is 38.8 Å². The van der Waals surface area contributed by atoms with Crippen molar-refractivity contribution in [2.24, 2.45) is 0 Å². The summed E-state index contributed by atoms with van der Waals surface area (Å²) in [5, 5.41) is 14.6. The van der Waals surface area contributed by atoms with E-state index in [0.717, 1.165) is 5.56 Å². The summed E-state index contributed by atoms with van der Waals surface area (Å²) in [5.41, 5.74) is 0.309. The zero-order valence-electron chi connectivity index (χ0n) is 13.4. The molecule has 22 heavy (non-hydrogen) atoms. The van der Waals surface area contributed by atoms with Crippen molar-refractivity contribution < 1.29 is 9.63 Å². The Morgan fingerprint density at radius 2 is 1.95 bits per heavy atom. The Balaban J connectivity index is 2.02. The molecule has 0 amide bonds. The largest absolute Gasteiger partial charge is 0.389 e. The third-order valence-electron chi connectivity index (χ3n) is 3.41. The predicted molar refractivity (Wildman–Crippen MR) is 85.9 cm³/mol. The molecule has 5 nitrogen and oxygen atoms in total. The average molecular weight is 324 g/mol. The van der Waals surface area contributed by atoms with E-state index in [9.17, 15) is 5.11 Å². The lowest BCUT2D eigenvalue weighted by Gasteiger charge is -2.28. The molecule has 1 atom stereocenters. The first-order valence-electron chi connectivity index (χ1n) is 7.24. The molecular formula is C16H22ClN3O2. The molecule has 1 heterocycles. The van der Waals surface area contributed by atoms with Crippen LogP contribution in [-0.4, -0.2) is 39.3 Å². The van der Waals surface area contributed by atoms with Crippen molar-refractivity contribution in [1.82, 2.24) is 15.0 Å². The summed E-state index contributed by atoms with van der Waals surface area (Å²) in [7, 11) is 1.92. The van der Waals surface area contributed by atoms with E-state index in [0.29, 0.717) is 29.7 Å². The van der Waals surface area contributed by atoms with E-state index in [1.54, 1.807) is 13.8 Å². The van der Waals surface area contributed by atoms with E-state index in [1.165, 1.54) is 0 Å². The monoisotopic (exact) mass is 323 g/mol. The molecule has 0 spiro atoms. The van der Waals surface area contributed by atoms with Gasteiger partial charge in [-0.25, -0.2) is 0 Å². The maximum absolute atomic E-state index is 9.89. The van der Waals surface area contributed by atoms with Gasteiger partial charge in [0.05, 0.1) is 11.6 Å². The number of aliphatic hydroxyl groups is 1. The Morgan fingerprint density at radius 3 is 2.55 bits per heavy atom. The Kier molecular flexibility index (Phi) is 5.21. The lowest BCUT2D eigenvalue weighted by molar-refractivity contribution is 0.0289. The van der Waals surface area contributed by atoms with Gasteiger partial charge in [-0.1, -0.05) is 28.9 Å². The molecule has 0 aliphatic rings. The van der Waals surface area contributed by atoms with Crippen LogP contribution in [0.4, 0.5) is 0 Å². The minimum Gasteiger partial charge on any atom is -0.389 e. The van der Waals surface area contributed by atoms with Gasteiger partial charge in [0.25, 0.3) is 0 Å². The van der Waals surface area contributed by atoms with Crippen molar-refractivity contribution in [1.29, 1.82) is 0 Å². The molecule has 0 saturated carbocycles. The molecule has 0 saturated heterocycles. The second-order valence-corrected chi connectivity index (χ2v) is 6.69. The summed E-state index contributed by atoms with van der Waals surface area (Å²) in [5.74, 6) is 1.19. The highest BCUT2D eigenvalue weighted by Gasteiger charge is 2.23. The molecular weight excluding hydrogens is 302 g/mol. The first-order valence-corrected chi connectivity index (χ1v) is 7.62. The first-order chi connectivity index (χ1) is 10.2. The summed E-state index contributed by atoms with van der Waals surface area (Å²) in [6.45, 7) is 6.04. The lowest BCUT2D eigenvalue weighted by atomic mass is 10.1. The Morgan fingerprint density at radius 1 is 1.32 bits per heavy atom. The van der Waals surface area contributed by atoms with Gasteiger partial charge in [-0.05, 0) is 45.5 Å². The zero-order chi connectivity index (χ0) is 16.3. The summed E-state index contributed by atoms with van der Waals surface area (Å²) in [6.07, 6.45) is 0.600. The maximum atomic E-state index is 9.89. The van der Waals surface area contributed by atoms with E-state index < -0.39 is 5.60 Å². The quantitative estimate of drug-likeness (QED) is 0.885. The molecule has 6 heteroatoms. The second-order valence-electron chi connectivity index (χ2n) is 6.26. The number of rotatable bonds is 6. The van der Waals surface area contributed by atoms with Crippen LogP contribution < -0.4 is 0 Å². The minimum atomic E-state index is -0.769. The highest BCUT2D eigenvalue weighted by molar-refractivity contribution is 6.30. The van der Waals surface area contributed by atoms with Gasteiger partial charge in [0.15, 0.2) is 5.82 Å². The number of benzene rings is 1. The van der Waals surface area contributed by atoms with Gasteiger partial charge in [-0.2, -0.15) is 4.98 Å². The van der Waals surface area contributed by atoms with E-state index in [1.807, 2.05) is 43.1 Å². The van der Waals surface area contributed by atoms with Crippen LogP contribution in [0.25, 0.3) is 0 Å². The van der Waals surface area contributed by atoms with Gasteiger partial charge < -0.3 is 9.63 Å². The van der Waals surface area contributed by atoms with E-state index >= 15 is 0 Å². The minimum absolute atomic E-state index is 0.0575. The zero-order valence-corrected chi connectivity index (χ0v) is 14.1. The third-order valence-corrected chi connectivity index (χ3v) is 3.67. The number of aromatic nitrogens is 2. The fourth-order valence-corrected chi connectivity index (χ4v) is 2.36. The average Bonchev–Trinajstić information content (AvgIpc) is 2.87. The third kappa shape index (κ3) is 4.80. The number of hydrogen-bond acceptors (Lipinski definition) is 5. The molecule has 2 aromatic rings. The standard InChI is InChI=1S/C16H22ClN3O2/c1-11(20(4)10-16(2,3)21)15-18-14(19-22-15)9-12-5-7-13(17)8-6-12/h5-8,11,21H,9-10H2,1-4H3. The predicted octanol–water partition coefficient (Wildman–Crippen LogP) is 3.08. The fraction of sp³-hybridized carbons (Fsp3) is 0.500. The molecule has 0 bridgehead atoms. The van der Waals surface area contributed by atoms with Crippen LogP contribution in [0.1, 0.15) is 44.1 Å². The summed E-state index contributed by atoms with van der Waals surface area (Å²) in [6, 6.07) is 7.53. The summed E-state index contributed by atoms with van der Waals surface area (Å²) >= 11 is 5.87. The topological polar surface area (TPSA) is 62.4 Å². The SMILES string of the molecule is CC(c1nc(Cc2ccc(Cl)cc2)no1)N(C)CC(C)(C)O. The van der Waals surface area contributed by atoms with Crippen molar-refractivity contribution in [2.75, 3.05) is 13.6 Å². The Bertz CT molecular complexity index is 605. The van der Waals surface area contributed by atoms with E-state index in [-0.39, 0.29) is 6.04 Å². The van der Waals surface area contributed by atoms with Gasteiger partial charge in [-0.15, -0.1) is 0 Å². The molecule has 0 fully saturated rings. The van der Waals surface area contributed by atoms with Gasteiger partial charge >= 0.3 is 0 Å². The van der Waals surface area contributed by atoms with Crippen LogP contribution in [-0.2, 0) is 6.42 Å². The lowest BCUT2D eigenvalue weighted by Crippen LogP contribution is -2.37. The molecule has 0 radical (unpaired) electrons. The molecule has 1 unspecified atom stereocenters. The molecule has 1 aromatic carbocycles.